The molecular weight excluding hydrogens is 224 g/mol. The summed E-state index contributed by atoms with van der Waals surface area (Å²) in [5, 5.41) is 5.26. The first-order valence-electron chi connectivity index (χ1n) is 5.74. The highest BCUT2D eigenvalue weighted by Gasteiger charge is 2.57. The topological polar surface area (TPSA) is 76.7 Å². The number of methoxy groups -OCH3 is 2. The monoisotopic (exact) mass is 242 g/mol. The van der Waals surface area contributed by atoms with Crippen molar-refractivity contribution in [3.05, 3.63) is 0 Å². The van der Waals surface area contributed by atoms with E-state index in [0.29, 0.717) is 0 Å². The van der Waals surface area contributed by atoms with E-state index in [0.717, 1.165) is 25.2 Å². The van der Waals surface area contributed by atoms with Crippen molar-refractivity contribution in [2.75, 3.05) is 20.8 Å². The minimum absolute atomic E-state index is 0.0684. The molecule has 6 heteroatoms. The Kier molecular flexibility index (Phi) is 3.35. The molecule has 0 saturated heterocycles. The summed E-state index contributed by atoms with van der Waals surface area (Å²) >= 11 is 0. The minimum atomic E-state index is -0.631. The molecule has 3 aliphatic carbocycles. The van der Waals surface area contributed by atoms with Gasteiger partial charge in [-0.2, -0.15) is 0 Å². The number of ether oxygens (including phenoxy) is 2. The second-order valence-corrected chi connectivity index (χ2v) is 4.82. The van der Waals surface area contributed by atoms with Crippen molar-refractivity contribution in [3.8, 4) is 0 Å². The Morgan fingerprint density at radius 1 is 1.24 bits per heavy atom. The molecule has 2 bridgehead atoms. The number of hydrogen-bond acceptors (Lipinski definition) is 4. The van der Waals surface area contributed by atoms with E-state index >= 15 is 0 Å². The second kappa shape index (κ2) is 4.62. The Bertz CT molecular complexity index is 310. The highest BCUT2D eigenvalue weighted by atomic mass is 16.7. The molecule has 0 aromatic heterocycles. The molecule has 0 radical (unpaired) electrons. The lowest BCUT2D eigenvalue weighted by molar-refractivity contribution is -0.148. The van der Waals surface area contributed by atoms with Crippen molar-refractivity contribution in [3.63, 3.8) is 0 Å². The number of carbonyl (C=O) groups is 2. The van der Waals surface area contributed by atoms with Gasteiger partial charge in [0, 0.05) is 19.8 Å². The van der Waals surface area contributed by atoms with Crippen LogP contribution in [0.1, 0.15) is 19.3 Å². The molecule has 6 nitrogen and oxygen atoms in total. The van der Waals surface area contributed by atoms with Crippen LogP contribution in [0, 0.1) is 5.92 Å². The van der Waals surface area contributed by atoms with Gasteiger partial charge >= 0.3 is 11.8 Å². The lowest BCUT2D eigenvalue weighted by Gasteiger charge is -2.61. The summed E-state index contributed by atoms with van der Waals surface area (Å²) < 4.78 is 9.80. The molecule has 3 rings (SSSR count). The van der Waals surface area contributed by atoms with Gasteiger partial charge in [-0.25, -0.2) is 0 Å². The Balaban J connectivity index is 1.69. The Labute approximate surface area is 100 Å². The maximum Gasteiger partial charge on any atom is 0.309 e. The van der Waals surface area contributed by atoms with E-state index in [4.69, 9.17) is 9.47 Å². The Hall–Kier alpha value is -1.14. The number of nitrogens with one attached hydrogen (secondary N) is 2. The van der Waals surface area contributed by atoms with Crippen LogP contribution in [0.3, 0.4) is 0 Å². The van der Waals surface area contributed by atoms with Crippen LogP contribution in [0.25, 0.3) is 0 Å². The van der Waals surface area contributed by atoms with Crippen LogP contribution in [0.5, 0.6) is 0 Å². The molecule has 17 heavy (non-hydrogen) atoms. The number of amides is 2. The van der Waals surface area contributed by atoms with Crippen molar-refractivity contribution >= 4 is 11.8 Å². The average molecular weight is 242 g/mol. The van der Waals surface area contributed by atoms with Gasteiger partial charge in [0.2, 0.25) is 0 Å². The minimum Gasteiger partial charge on any atom is -0.354 e. The van der Waals surface area contributed by atoms with Crippen LogP contribution in [0.2, 0.25) is 0 Å². The fraction of sp³-hybridized carbons (Fsp3) is 0.818. The third-order valence-corrected chi connectivity index (χ3v) is 3.58. The number of hydrogen-bond donors (Lipinski definition) is 2. The van der Waals surface area contributed by atoms with Crippen LogP contribution in [-0.4, -0.2) is 44.4 Å². The normalized spacial score (nSPS) is 29.2. The second-order valence-electron chi connectivity index (χ2n) is 4.82. The van der Waals surface area contributed by atoms with E-state index < -0.39 is 18.1 Å². The van der Waals surface area contributed by atoms with E-state index in [1.807, 2.05) is 0 Å². The third kappa shape index (κ3) is 2.42. The van der Waals surface area contributed by atoms with Crippen molar-refractivity contribution in [1.82, 2.24) is 10.6 Å². The molecule has 0 heterocycles. The fourth-order valence-electron chi connectivity index (χ4n) is 2.45. The van der Waals surface area contributed by atoms with Gasteiger partial charge in [-0.1, -0.05) is 0 Å². The highest BCUT2D eigenvalue weighted by Crippen LogP contribution is 2.56. The van der Waals surface area contributed by atoms with Crippen LogP contribution in [-0.2, 0) is 19.1 Å². The predicted octanol–water partition coefficient (Wildman–Crippen LogP) is -0.610. The summed E-state index contributed by atoms with van der Waals surface area (Å²) in [4.78, 5) is 23.0. The molecule has 0 aromatic rings. The van der Waals surface area contributed by atoms with Crippen molar-refractivity contribution in [2.45, 2.75) is 31.1 Å². The number of carbonyl (C=O) groups excluding carboxylic acids is 2. The van der Waals surface area contributed by atoms with Crippen molar-refractivity contribution < 1.29 is 19.1 Å². The molecule has 0 atom stereocenters. The van der Waals surface area contributed by atoms with Gasteiger partial charge in [-0.05, 0) is 25.2 Å². The summed E-state index contributed by atoms with van der Waals surface area (Å²) in [6.07, 6.45) is 2.53. The third-order valence-electron chi connectivity index (χ3n) is 3.58. The molecular formula is C11H18N2O4. The first kappa shape index (κ1) is 12.3. The van der Waals surface area contributed by atoms with Crippen LogP contribution < -0.4 is 10.6 Å². The van der Waals surface area contributed by atoms with Crippen molar-refractivity contribution in [2.24, 2.45) is 5.92 Å². The van der Waals surface area contributed by atoms with Gasteiger partial charge in [0.15, 0.2) is 6.29 Å². The molecule has 2 N–H and O–H groups in total. The van der Waals surface area contributed by atoms with Gasteiger partial charge in [0.05, 0.1) is 6.54 Å². The van der Waals surface area contributed by atoms with Gasteiger partial charge in [-0.15, -0.1) is 0 Å². The molecule has 0 aliphatic heterocycles. The zero-order valence-corrected chi connectivity index (χ0v) is 10.1. The van der Waals surface area contributed by atoms with E-state index in [-0.39, 0.29) is 12.1 Å². The van der Waals surface area contributed by atoms with E-state index in [2.05, 4.69) is 10.6 Å². The maximum absolute atomic E-state index is 11.6. The molecule has 3 saturated carbocycles. The highest BCUT2D eigenvalue weighted by molar-refractivity contribution is 6.35. The Morgan fingerprint density at radius 3 is 2.24 bits per heavy atom. The largest absolute Gasteiger partial charge is 0.354 e. The molecule has 2 amide bonds. The zero-order chi connectivity index (χ0) is 12.5. The van der Waals surface area contributed by atoms with Crippen LogP contribution in [0.15, 0.2) is 0 Å². The summed E-state index contributed by atoms with van der Waals surface area (Å²) in [5.41, 5.74) is -0.0684. The van der Waals surface area contributed by atoms with E-state index in [1.165, 1.54) is 14.2 Å². The standard InChI is InChI=1S/C11H18N2O4/c1-16-8(17-2)6-12-9(14)10(15)13-11-3-7(4-11)5-11/h7-8H,3-6H2,1-2H3,(H,12,14)(H,13,15). The molecule has 96 valence electrons. The first-order valence-corrected chi connectivity index (χ1v) is 5.74. The molecule has 3 fully saturated rings. The summed E-state index contributed by atoms with van der Waals surface area (Å²) in [6.45, 7) is 0.162. The first-order chi connectivity index (χ1) is 8.08. The van der Waals surface area contributed by atoms with Crippen LogP contribution >= 0.6 is 0 Å². The SMILES string of the molecule is COC(CNC(=O)C(=O)NC12CC(C1)C2)OC. The number of rotatable bonds is 5. The van der Waals surface area contributed by atoms with Crippen LogP contribution in [0.4, 0.5) is 0 Å². The molecule has 3 aliphatic rings. The zero-order valence-electron chi connectivity index (χ0n) is 10.1. The summed E-state index contributed by atoms with van der Waals surface area (Å²) in [5.74, 6) is -0.423. The average Bonchev–Trinajstić information content (AvgIpc) is 2.22. The summed E-state index contributed by atoms with van der Waals surface area (Å²) in [6, 6.07) is 0. The maximum atomic E-state index is 11.6. The quantitative estimate of drug-likeness (QED) is 0.498. The van der Waals surface area contributed by atoms with Gasteiger partial charge in [0.1, 0.15) is 0 Å². The fourth-order valence-corrected chi connectivity index (χ4v) is 2.45. The lowest BCUT2D eigenvalue weighted by Crippen LogP contribution is -2.69. The Morgan fingerprint density at radius 2 is 1.82 bits per heavy atom. The van der Waals surface area contributed by atoms with Gasteiger partial charge in [-0.3, -0.25) is 9.59 Å². The van der Waals surface area contributed by atoms with E-state index in [9.17, 15) is 9.59 Å². The van der Waals surface area contributed by atoms with Crippen molar-refractivity contribution in [1.29, 1.82) is 0 Å². The van der Waals surface area contributed by atoms with E-state index in [1.54, 1.807) is 0 Å². The van der Waals surface area contributed by atoms with Gasteiger partial charge in [0.25, 0.3) is 0 Å². The molecule has 0 unspecified atom stereocenters. The molecule has 0 spiro atoms. The summed E-state index contributed by atoms with van der Waals surface area (Å²) in [7, 11) is 2.95. The smallest absolute Gasteiger partial charge is 0.309 e. The predicted molar refractivity (Wildman–Crippen MR) is 59.0 cm³/mol. The molecule has 0 aromatic carbocycles. The lowest BCUT2D eigenvalue weighted by atomic mass is 9.50. The van der Waals surface area contributed by atoms with Gasteiger partial charge < -0.3 is 20.1 Å².